The van der Waals surface area contributed by atoms with Crippen molar-refractivity contribution in [2.75, 3.05) is 13.2 Å². The van der Waals surface area contributed by atoms with Gasteiger partial charge in [-0.15, -0.1) is 0 Å². The van der Waals surface area contributed by atoms with Gasteiger partial charge in [0.25, 0.3) is 0 Å². The number of aliphatic imine (C=N–C) groups is 1. The number of aromatic hydroxyl groups is 1. The molecule has 2 atom stereocenters. The fourth-order valence-electron chi connectivity index (χ4n) is 4.11. The van der Waals surface area contributed by atoms with Crippen LogP contribution in [0.1, 0.15) is 54.7 Å². The van der Waals surface area contributed by atoms with Crippen LogP contribution in [0.5, 0.6) is 17.2 Å². The van der Waals surface area contributed by atoms with Gasteiger partial charge in [-0.1, -0.05) is 24.3 Å². The largest absolute Gasteiger partial charge is 0.504 e. The minimum absolute atomic E-state index is 0.0333. The van der Waals surface area contributed by atoms with Gasteiger partial charge in [0.1, 0.15) is 11.9 Å². The summed E-state index contributed by atoms with van der Waals surface area (Å²) in [6.45, 7) is 4.70. The lowest BCUT2D eigenvalue weighted by atomic mass is 9.93. The van der Waals surface area contributed by atoms with Crippen LogP contribution in [0.15, 0.2) is 71.7 Å². The van der Waals surface area contributed by atoms with Crippen LogP contribution in [0.4, 0.5) is 13.2 Å². The number of para-hydroxylation sites is 1. The van der Waals surface area contributed by atoms with Gasteiger partial charge in [-0.25, -0.2) is 0 Å². The topological polar surface area (TPSA) is 63.1 Å². The first-order valence-electron chi connectivity index (χ1n) is 11.5. The van der Waals surface area contributed by atoms with Crippen molar-refractivity contribution in [1.82, 2.24) is 5.32 Å². The maximum Gasteiger partial charge on any atom is 0.416 e. The number of nitrogens with zero attached hydrogens (tertiary/aromatic N) is 1. The summed E-state index contributed by atoms with van der Waals surface area (Å²) in [6.07, 6.45) is -4.55. The minimum atomic E-state index is -4.41. The maximum atomic E-state index is 13.1. The van der Waals surface area contributed by atoms with Crippen LogP contribution in [-0.2, 0) is 6.18 Å². The highest BCUT2D eigenvalue weighted by Gasteiger charge is 2.32. The summed E-state index contributed by atoms with van der Waals surface area (Å²) in [4.78, 5) is 4.82. The molecule has 0 aromatic heterocycles. The molecular weight excluding hydrogens is 457 g/mol. The van der Waals surface area contributed by atoms with Crippen molar-refractivity contribution in [3.63, 3.8) is 0 Å². The molecule has 1 heterocycles. The lowest BCUT2D eigenvalue weighted by molar-refractivity contribution is -0.137. The number of hydrogen-bond donors (Lipinski definition) is 2. The molecule has 1 aliphatic heterocycles. The SMILES string of the molecule is CCOc1ccc(C2=N[C@@H](c3ccc(C(F)(F)F)cc3)N[C@@H](c3cccc(OCC)c3O)C2)cc1. The van der Waals surface area contributed by atoms with Crippen LogP contribution >= 0.6 is 0 Å². The number of alkyl halides is 3. The monoisotopic (exact) mass is 484 g/mol. The van der Waals surface area contributed by atoms with Crippen molar-refractivity contribution >= 4 is 5.71 Å². The first kappa shape index (κ1) is 24.6. The molecule has 3 aromatic rings. The summed E-state index contributed by atoms with van der Waals surface area (Å²) in [6, 6.07) is 17.5. The summed E-state index contributed by atoms with van der Waals surface area (Å²) in [5.41, 5.74) is 2.14. The molecule has 184 valence electrons. The lowest BCUT2D eigenvalue weighted by Gasteiger charge is -2.31. The molecule has 0 saturated heterocycles. The number of hydrogen-bond acceptors (Lipinski definition) is 5. The van der Waals surface area contributed by atoms with Gasteiger partial charge < -0.3 is 14.6 Å². The molecule has 0 aliphatic carbocycles. The number of phenols is 1. The molecular formula is C27H27F3N2O3. The molecule has 0 radical (unpaired) electrons. The molecule has 3 aromatic carbocycles. The summed E-state index contributed by atoms with van der Waals surface area (Å²) in [5.74, 6) is 1.15. The number of halogens is 3. The first-order valence-corrected chi connectivity index (χ1v) is 11.5. The summed E-state index contributed by atoms with van der Waals surface area (Å²) < 4.78 is 50.3. The van der Waals surface area contributed by atoms with E-state index in [1.807, 2.05) is 38.1 Å². The van der Waals surface area contributed by atoms with Gasteiger partial charge in [-0.3, -0.25) is 10.3 Å². The summed E-state index contributed by atoms with van der Waals surface area (Å²) in [5, 5.41) is 14.2. The van der Waals surface area contributed by atoms with Crippen molar-refractivity contribution in [3.05, 3.63) is 89.0 Å². The van der Waals surface area contributed by atoms with E-state index in [0.29, 0.717) is 36.5 Å². The standard InChI is InChI=1S/C27H27F3N2O3/c1-3-34-20-14-10-17(11-15-20)22-16-23(21-6-5-7-24(25(21)33)35-4-2)32-26(31-22)18-8-12-19(13-9-18)27(28,29)30/h5-15,23,26,32-33H,3-4,16H2,1-2H3/t23-,26-/m1/s1. The van der Waals surface area contributed by atoms with Gasteiger partial charge in [-0.2, -0.15) is 13.2 Å². The van der Waals surface area contributed by atoms with Gasteiger partial charge in [0.2, 0.25) is 0 Å². The predicted molar refractivity (Wildman–Crippen MR) is 128 cm³/mol. The third-order valence-electron chi connectivity index (χ3n) is 5.80. The Hall–Kier alpha value is -3.52. The molecule has 5 nitrogen and oxygen atoms in total. The Balaban J connectivity index is 1.72. The van der Waals surface area contributed by atoms with Crippen molar-refractivity contribution in [2.24, 2.45) is 4.99 Å². The van der Waals surface area contributed by atoms with E-state index in [2.05, 4.69) is 5.32 Å². The number of nitrogens with one attached hydrogen (secondary N) is 1. The van der Waals surface area contributed by atoms with Crippen LogP contribution in [0, 0.1) is 0 Å². The zero-order valence-corrected chi connectivity index (χ0v) is 19.5. The molecule has 4 rings (SSSR count). The van der Waals surface area contributed by atoms with Crippen LogP contribution in [-0.4, -0.2) is 24.0 Å². The average Bonchev–Trinajstić information content (AvgIpc) is 2.85. The van der Waals surface area contributed by atoms with E-state index in [0.717, 1.165) is 29.2 Å². The third-order valence-corrected chi connectivity index (χ3v) is 5.80. The molecule has 0 amide bonds. The zero-order chi connectivity index (χ0) is 25.0. The van der Waals surface area contributed by atoms with Crippen molar-refractivity contribution in [3.8, 4) is 17.2 Å². The Bertz CT molecular complexity index is 1180. The molecule has 0 spiro atoms. The molecule has 2 N–H and O–H groups in total. The minimum Gasteiger partial charge on any atom is -0.504 e. The molecule has 0 fully saturated rings. The Morgan fingerprint density at radius 3 is 2.26 bits per heavy atom. The Kier molecular flexibility index (Phi) is 7.31. The van der Waals surface area contributed by atoms with Crippen molar-refractivity contribution in [2.45, 2.75) is 38.7 Å². The third kappa shape index (κ3) is 5.59. The molecule has 0 bridgehead atoms. The Morgan fingerprint density at radius 1 is 0.943 bits per heavy atom. The maximum absolute atomic E-state index is 13.1. The molecule has 0 unspecified atom stereocenters. The van der Waals surface area contributed by atoms with Gasteiger partial charge in [0.15, 0.2) is 11.5 Å². The van der Waals surface area contributed by atoms with Crippen molar-refractivity contribution in [1.29, 1.82) is 0 Å². The highest BCUT2D eigenvalue weighted by molar-refractivity contribution is 6.01. The van der Waals surface area contributed by atoms with E-state index >= 15 is 0 Å². The van der Waals surface area contributed by atoms with Crippen molar-refractivity contribution < 1.29 is 27.8 Å². The molecule has 0 saturated carbocycles. The van der Waals surface area contributed by atoms with Gasteiger partial charge >= 0.3 is 6.18 Å². The molecule has 35 heavy (non-hydrogen) atoms. The van der Waals surface area contributed by atoms with E-state index in [4.69, 9.17) is 14.5 Å². The number of phenolic OH excluding ortho intramolecular Hbond substituents is 1. The highest BCUT2D eigenvalue weighted by Crippen LogP contribution is 2.39. The quantitative estimate of drug-likeness (QED) is 0.406. The zero-order valence-electron chi connectivity index (χ0n) is 19.5. The van der Waals surface area contributed by atoms with Gasteiger partial charge in [0, 0.05) is 23.7 Å². The van der Waals surface area contributed by atoms with Crippen LogP contribution in [0.25, 0.3) is 0 Å². The van der Waals surface area contributed by atoms with E-state index < -0.39 is 17.9 Å². The average molecular weight is 485 g/mol. The number of benzene rings is 3. The Morgan fingerprint density at radius 2 is 1.63 bits per heavy atom. The first-order chi connectivity index (χ1) is 16.8. The summed E-state index contributed by atoms with van der Waals surface area (Å²) >= 11 is 0. The molecule has 8 heteroatoms. The van der Waals surface area contributed by atoms with E-state index in [-0.39, 0.29) is 11.8 Å². The fourth-order valence-corrected chi connectivity index (χ4v) is 4.11. The summed E-state index contributed by atoms with van der Waals surface area (Å²) in [7, 11) is 0. The fraction of sp³-hybridized carbons (Fsp3) is 0.296. The van der Waals surface area contributed by atoms with Crippen LogP contribution < -0.4 is 14.8 Å². The second-order valence-corrected chi connectivity index (χ2v) is 8.11. The molecule has 1 aliphatic rings. The van der Waals surface area contributed by atoms with Crippen LogP contribution in [0.3, 0.4) is 0 Å². The van der Waals surface area contributed by atoms with E-state index in [1.165, 1.54) is 12.1 Å². The second kappa shape index (κ2) is 10.4. The lowest BCUT2D eigenvalue weighted by Crippen LogP contribution is -2.33. The van der Waals surface area contributed by atoms with E-state index in [1.54, 1.807) is 18.2 Å². The van der Waals surface area contributed by atoms with Gasteiger partial charge in [0.05, 0.1) is 18.8 Å². The highest BCUT2D eigenvalue weighted by atomic mass is 19.4. The van der Waals surface area contributed by atoms with Crippen LogP contribution in [0.2, 0.25) is 0 Å². The smallest absolute Gasteiger partial charge is 0.416 e. The van der Waals surface area contributed by atoms with Gasteiger partial charge in [-0.05, 0) is 67.4 Å². The number of ether oxygens (including phenoxy) is 2. The normalized spacial score (nSPS) is 18.1. The number of rotatable bonds is 7. The second-order valence-electron chi connectivity index (χ2n) is 8.11. The Labute approximate surface area is 202 Å². The van der Waals surface area contributed by atoms with E-state index in [9.17, 15) is 18.3 Å². The predicted octanol–water partition coefficient (Wildman–Crippen LogP) is 6.43.